The first kappa shape index (κ1) is 24.6. The molecule has 33 heavy (non-hydrogen) atoms. The van der Waals surface area contributed by atoms with Crippen molar-refractivity contribution in [3.8, 4) is 0 Å². The second-order valence-electron chi connectivity index (χ2n) is 8.32. The molecule has 0 saturated carbocycles. The molecular weight excluding hydrogens is 417 g/mol. The largest absolute Gasteiger partial charge is 0.396 e. The first-order chi connectivity index (χ1) is 16.0. The second kappa shape index (κ2) is 12.3. The fraction of sp³-hybridized carbons (Fsp3) is 0.407. The average molecular weight is 452 g/mol. The van der Waals surface area contributed by atoms with Gasteiger partial charge in [0.05, 0.1) is 11.8 Å². The first-order valence-corrected chi connectivity index (χ1v) is 11.8. The zero-order valence-electron chi connectivity index (χ0n) is 19.8. The van der Waals surface area contributed by atoms with E-state index in [0.717, 1.165) is 24.9 Å². The van der Waals surface area contributed by atoms with Crippen LogP contribution in [0.4, 0.5) is 10.1 Å². The lowest BCUT2D eigenvalue weighted by atomic mass is 9.86. The van der Waals surface area contributed by atoms with Gasteiger partial charge in [0.15, 0.2) is 0 Å². The van der Waals surface area contributed by atoms with Crippen LogP contribution in [-0.2, 0) is 9.63 Å². The number of unbranched alkanes of at least 4 members (excludes halogenated alkanes) is 1. The Morgan fingerprint density at radius 1 is 1.15 bits per heavy atom. The Morgan fingerprint density at radius 2 is 1.88 bits per heavy atom. The lowest BCUT2D eigenvalue weighted by Crippen LogP contribution is -2.49. The van der Waals surface area contributed by atoms with E-state index >= 15 is 0 Å². The van der Waals surface area contributed by atoms with Crippen LogP contribution in [0.5, 0.6) is 0 Å². The average Bonchev–Trinajstić information content (AvgIpc) is 2.83. The number of β-lactam (4-membered cyclic amide) rings is 1. The molecule has 1 amide bonds. The van der Waals surface area contributed by atoms with Crippen LogP contribution in [0.15, 0.2) is 71.4 Å². The standard InChI is InChI=1S/C27H34FN3O2/c1-4-6-12-23(29-5-2)17-18-33-30-20(3)19-25-26(21-10-8-7-9-11-21)31(27(25)32)24-15-13-22(28)14-16-24/h7-11,13-16,19,23,26,29H,4-6,12,17-18H2,1-3H3/b25-19+,30-20+. The predicted molar refractivity (Wildman–Crippen MR) is 132 cm³/mol. The van der Waals surface area contributed by atoms with Crippen molar-refractivity contribution in [2.45, 2.75) is 58.5 Å². The maximum absolute atomic E-state index is 13.4. The lowest BCUT2D eigenvalue weighted by Gasteiger charge is -2.43. The van der Waals surface area contributed by atoms with Crippen molar-refractivity contribution >= 4 is 17.3 Å². The van der Waals surface area contributed by atoms with E-state index in [4.69, 9.17) is 4.84 Å². The summed E-state index contributed by atoms with van der Waals surface area (Å²) in [7, 11) is 0. The Kier molecular flexibility index (Phi) is 9.19. The Morgan fingerprint density at radius 3 is 2.55 bits per heavy atom. The highest BCUT2D eigenvalue weighted by molar-refractivity contribution is 6.18. The summed E-state index contributed by atoms with van der Waals surface area (Å²) < 4.78 is 13.4. The van der Waals surface area contributed by atoms with Gasteiger partial charge in [-0.2, -0.15) is 0 Å². The number of hydrogen-bond donors (Lipinski definition) is 1. The molecule has 2 atom stereocenters. The van der Waals surface area contributed by atoms with Crippen LogP contribution in [0, 0.1) is 5.82 Å². The number of carbonyl (C=O) groups is 1. The molecule has 2 aromatic rings. The lowest BCUT2D eigenvalue weighted by molar-refractivity contribution is -0.119. The molecule has 1 N–H and O–H groups in total. The number of allylic oxidation sites excluding steroid dienone is 1. The van der Waals surface area contributed by atoms with Gasteiger partial charge >= 0.3 is 0 Å². The SMILES string of the molecule is CCCCC(CCO/N=C(C)/C=C1/C(=O)N(c2ccc(F)cc2)C1c1ccccc1)NCC. The van der Waals surface area contributed by atoms with E-state index in [1.807, 2.05) is 37.3 Å². The van der Waals surface area contributed by atoms with Crippen molar-refractivity contribution in [3.05, 3.63) is 77.6 Å². The molecular formula is C27H34FN3O2. The second-order valence-corrected chi connectivity index (χ2v) is 8.32. The molecule has 0 radical (unpaired) electrons. The molecule has 0 aromatic heterocycles. The number of rotatable bonds is 12. The van der Waals surface area contributed by atoms with Crippen molar-refractivity contribution in [2.75, 3.05) is 18.1 Å². The third-order valence-corrected chi connectivity index (χ3v) is 5.77. The smallest absolute Gasteiger partial charge is 0.257 e. The number of nitrogens with one attached hydrogen (secondary N) is 1. The van der Waals surface area contributed by atoms with Crippen molar-refractivity contribution in [2.24, 2.45) is 5.16 Å². The molecule has 1 heterocycles. The van der Waals surface area contributed by atoms with Gasteiger partial charge in [-0.25, -0.2) is 4.39 Å². The minimum absolute atomic E-state index is 0.114. The van der Waals surface area contributed by atoms with Gasteiger partial charge in [-0.05, 0) is 62.2 Å². The number of halogens is 1. The maximum atomic E-state index is 13.4. The minimum Gasteiger partial charge on any atom is -0.396 e. The highest BCUT2D eigenvalue weighted by Gasteiger charge is 2.43. The van der Waals surface area contributed by atoms with Crippen molar-refractivity contribution < 1.29 is 14.0 Å². The molecule has 2 aromatic carbocycles. The fourth-order valence-electron chi connectivity index (χ4n) is 4.10. The van der Waals surface area contributed by atoms with E-state index in [9.17, 15) is 9.18 Å². The van der Waals surface area contributed by atoms with E-state index in [1.54, 1.807) is 23.1 Å². The molecule has 5 nitrogen and oxygen atoms in total. The van der Waals surface area contributed by atoms with E-state index in [-0.39, 0.29) is 17.8 Å². The van der Waals surface area contributed by atoms with Crippen LogP contribution < -0.4 is 10.2 Å². The van der Waals surface area contributed by atoms with Crippen LogP contribution in [0.2, 0.25) is 0 Å². The van der Waals surface area contributed by atoms with E-state index in [1.165, 1.54) is 25.0 Å². The van der Waals surface area contributed by atoms with E-state index in [2.05, 4.69) is 24.3 Å². The van der Waals surface area contributed by atoms with Crippen LogP contribution in [-0.4, -0.2) is 30.8 Å². The zero-order valence-corrected chi connectivity index (χ0v) is 19.8. The normalized spacial score (nSPS) is 18.4. The topological polar surface area (TPSA) is 53.9 Å². The number of hydrogen-bond acceptors (Lipinski definition) is 4. The number of benzene rings is 2. The molecule has 176 valence electrons. The van der Waals surface area contributed by atoms with Crippen molar-refractivity contribution in [3.63, 3.8) is 0 Å². The van der Waals surface area contributed by atoms with E-state index in [0.29, 0.717) is 29.6 Å². The van der Waals surface area contributed by atoms with E-state index < -0.39 is 0 Å². The summed E-state index contributed by atoms with van der Waals surface area (Å²) in [4.78, 5) is 20.3. The molecule has 3 rings (SSSR count). The Bertz CT molecular complexity index is 957. The molecule has 1 fully saturated rings. The molecule has 1 saturated heterocycles. The Labute approximate surface area is 196 Å². The number of oxime groups is 1. The van der Waals surface area contributed by atoms with Gasteiger partial charge in [-0.15, -0.1) is 0 Å². The van der Waals surface area contributed by atoms with Gasteiger partial charge in [0.2, 0.25) is 0 Å². The van der Waals surface area contributed by atoms with Crippen molar-refractivity contribution in [1.29, 1.82) is 0 Å². The number of anilines is 1. The third kappa shape index (κ3) is 6.51. The highest BCUT2D eigenvalue weighted by Crippen LogP contribution is 2.43. The molecule has 0 bridgehead atoms. The van der Waals surface area contributed by atoms with Gasteiger partial charge in [0.1, 0.15) is 12.4 Å². The van der Waals surface area contributed by atoms with Gasteiger partial charge in [-0.1, -0.05) is 62.2 Å². The summed E-state index contributed by atoms with van der Waals surface area (Å²) in [6, 6.07) is 16.0. The molecule has 0 spiro atoms. The van der Waals surface area contributed by atoms with Crippen LogP contribution >= 0.6 is 0 Å². The molecule has 2 unspecified atom stereocenters. The zero-order chi connectivity index (χ0) is 23.6. The number of amides is 1. The third-order valence-electron chi connectivity index (χ3n) is 5.77. The maximum Gasteiger partial charge on any atom is 0.257 e. The highest BCUT2D eigenvalue weighted by atomic mass is 19.1. The minimum atomic E-state index is -0.329. The van der Waals surface area contributed by atoms with Crippen molar-refractivity contribution in [1.82, 2.24) is 5.32 Å². The number of carbonyl (C=O) groups excluding carboxylic acids is 1. The van der Waals surface area contributed by atoms with Gasteiger partial charge < -0.3 is 10.2 Å². The van der Waals surface area contributed by atoms with Crippen LogP contribution in [0.3, 0.4) is 0 Å². The summed E-state index contributed by atoms with van der Waals surface area (Å²) in [6.45, 7) is 7.61. The summed E-state index contributed by atoms with van der Waals surface area (Å²) >= 11 is 0. The summed E-state index contributed by atoms with van der Waals surface area (Å²) in [5.74, 6) is -0.443. The van der Waals surface area contributed by atoms with Crippen LogP contribution in [0.1, 0.15) is 58.1 Å². The monoisotopic (exact) mass is 451 g/mol. The molecule has 0 aliphatic carbocycles. The quantitative estimate of drug-likeness (QED) is 0.146. The fourth-order valence-corrected chi connectivity index (χ4v) is 4.10. The number of nitrogens with zero attached hydrogens (tertiary/aromatic N) is 2. The summed E-state index contributed by atoms with van der Waals surface area (Å²) in [5.41, 5.74) is 2.95. The molecule has 1 aliphatic heterocycles. The molecule has 1 aliphatic rings. The molecule has 6 heteroatoms. The Balaban J connectivity index is 1.70. The van der Waals surface area contributed by atoms with Gasteiger partial charge in [0.25, 0.3) is 5.91 Å². The summed E-state index contributed by atoms with van der Waals surface area (Å²) in [6.07, 6.45) is 6.19. The predicted octanol–water partition coefficient (Wildman–Crippen LogP) is 5.79. The van der Waals surface area contributed by atoms with Gasteiger partial charge in [-0.3, -0.25) is 9.69 Å². The van der Waals surface area contributed by atoms with Gasteiger partial charge in [0, 0.05) is 17.3 Å². The summed E-state index contributed by atoms with van der Waals surface area (Å²) in [5, 5.41) is 7.72. The Hall–Kier alpha value is -2.99. The van der Waals surface area contributed by atoms with Crippen LogP contribution in [0.25, 0.3) is 0 Å². The first-order valence-electron chi connectivity index (χ1n) is 11.8.